The van der Waals surface area contributed by atoms with Crippen molar-refractivity contribution in [2.75, 3.05) is 23.7 Å². The summed E-state index contributed by atoms with van der Waals surface area (Å²) in [6.45, 7) is 0.661. The summed E-state index contributed by atoms with van der Waals surface area (Å²) >= 11 is 24.0. The molecule has 0 fully saturated rings. The molecule has 3 N–H and O–H groups in total. The van der Waals surface area contributed by atoms with Crippen molar-refractivity contribution in [1.29, 1.82) is 0 Å². The smallest absolute Gasteiger partial charge is 0.137 e. The highest BCUT2D eigenvalue weighted by Crippen LogP contribution is 2.27. The van der Waals surface area contributed by atoms with Gasteiger partial charge < -0.3 is 15.7 Å². The van der Waals surface area contributed by atoms with Crippen LogP contribution in [-0.4, -0.2) is 38.6 Å². The Balaban J connectivity index is 1.72. The molecule has 148 valence electrons. The number of nitrogens with zero attached hydrogens (tertiary/aromatic N) is 3. The van der Waals surface area contributed by atoms with E-state index in [9.17, 15) is 5.11 Å². The molecule has 3 aromatic rings. The van der Waals surface area contributed by atoms with Gasteiger partial charge >= 0.3 is 0 Å². The molecule has 0 radical (unpaired) electrons. The van der Waals surface area contributed by atoms with Crippen LogP contribution >= 0.6 is 46.4 Å². The van der Waals surface area contributed by atoms with Crippen molar-refractivity contribution in [3.63, 3.8) is 0 Å². The number of aliphatic hydroxyl groups is 1. The Hall–Kier alpha value is -1.70. The molecular weight excluding hydrogens is 444 g/mol. The summed E-state index contributed by atoms with van der Waals surface area (Å²) in [7, 11) is 0. The number of halogens is 4. The van der Waals surface area contributed by atoms with Gasteiger partial charge in [-0.05, 0) is 36.4 Å². The average molecular weight is 461 g/mol. The highest BCUT2D eigenvalue weighted by molar-refractivity contribution is 6.42. The van der Waals surface area contributed by atoms with E-state index in [4.69, 9.17) is 46.4 Å². The zero-order chi connectivity index (χ0) is 20.1. The first kappa shape index (κ1) is 21.0. The summed E-state index contributed by atoms with van der Waals surface area (Å²) in [5.41, 5.74) is 0.272. The van der Waals surface area contributed by atoms with Crippen LogP contribution in [0, 0.1) is 0 Å². The quantitative estimate of drug-likeness (QED) is 0.448. The predicted molar refractivity (Wildman–Crippen MR) is 115 cm³/mol. The fourth-order valence-corrected chi connectivity index (χ4v) is 3.13. The van der Waals surface area contributed by atoms with Gasteiger partial charge in [0.05, 0.1) is 26.6 Å². The average Bonchev–Trinajstić information content (AvgIpc) is 3.16. The molecule has 0 aliphatic carbocycles. The minimum absolute atomic E-state index is 0.218. The van der Waals surface area contributed by atoms with Crippen LogP contribution in [0.1, 0.15) is 0 Å². The van der Waals surface area contributed by atoms with E-state index < -0.39 is 5.60 Å². The van der Waals surface area contributed by atoms with Gasteiger partial charge in [-0.2, -0.15) is 5.10 Å². The minimum Gasteiger partial charge on any atom is -0.384 e. The summed E-state index contributed by atoms with van der Waals surface area (Å²) in [6.07, 6.45) is 2.96. The molecule has 1 heterocycles. The third-order valence-electron chi connectivity index (χ3n) is 4.01. The molecule has 3 rings (SSSR count). The van der Waals surface area contributed by atoms with Gasteiger partial charge in [-0.1, -0.05) is 46.4 Å². The van der Waals surface area contributed by atoms with Gasteiger partial charge in [0.25, 0.3) is 0 Å². The Morgan fingerprint density at radius 2 is 1.39 bits per heavy atom. The number of anilines is 2. The van der Waals surface area contributed by atoms with E-state index in [1.54, 1.807) is 47.4 Å². The van der Waals surface area contributed by atoms with Gasteiger partial charge in [-0.3, -0.25) is 0 Å². The molecule has 0 aliphatic rings. The summed E-state index contributed by atoms with van der Waals surface area (Å²) in [5, 5.41) is 23.4. The predicted octanol–water partition coefficient (Wildman–Crippen LogP) is 4.85. The second-order valence-corrected chi connectivity index (χ2v) is 7.91. The third-order valence-corrected chi connectivity index (χ3v) is 5.48. The van der Waals surface area contributed by atoms with E-state index in [0.717, 1.165) is 11.4 Å². The van der Waals surface area contributed by atoms with Gasteiger partial charge in [0.15, 0.2) is 0 Å². The highest BCUT2D eigenvalue weighted by atomic mass is 35.5. The maximum atomic E-state index is 11.2. The number of hydrogen-bond donors (Lipinski definition) is 3. The van der Waals surface area contributed by atoms with Crippen LogP contribution < -0.4 is 10.6 Å². The normalized spacial score (nSPS) is 11.5. The molecular formula is C18H17Cl4N5O. The van der Waals surface area contributed by atoms with Gasteiger partial charge in [0.2, 0.25) is 0 Å². The number of nitrogens with one attached hydrogen (secondary N) is 2. The summed E-state index contributed by atoms with van der Waals surface area (Å²) in [5.74, 6) is 0. The van der Waals surface area contributed by atoms with E-state index in [1.165, 1.54) is 6.33 Å². The Morgan fingerprint density at radius 1 is 0.857 bits per heavy atom. The Morgan fingerprint density at radius 3 is 1.82 bits per heavy atom. The maximum Gasteiger partial charge on any atom is 0.137 e. The number of aromatic nitrogens is 3. The van der Waals surface area contributed by atoms with Crippen molar-refractivity contribution >= 4 is 57.8 Å². The van der Waals surface area contributed by atoms with E-state index >= 15 is 0 Å². The van der Waals surface area contributed by atoms with E-state index in [-0.39, 0.29) is 19.6 Å². The molecule has 6 nitrogen and oxygen atoms in total. The molecule has 0 saturated heterocycles. The second-order valence-electron chi connectivity index (χ2n) is 6.28. The molecule has 0 spiro atoms. The molecule has 1 aromatic heterocycles. The van der Waals surface area contributed by atoms with Crippen molar-refractivity contribution in [3.8, 4) is 0 Å². The van der Waals surface area contributed by atoms with Crippen molar-refractivity contribution in [2.24, 2.45) is 0 Å². The van der Waals surface area contributed by atoms with Gasteiger partial charge in [0, 0.05) is 24.5 Å². The van der Waals surface area contributed by atoms with Crippen LogP contribution in [0.2, 0.25) is 20.1 Å². The number of hydrogen-bond acceptors (Lipinski definition) is 5. The molecule has 10 heteroatoms. The lowest BCUT2D eigenvalue weighted by Crippen LogP contribution is -2.47. The van der Waals surface area contributed by atoms with Crippen LogP contribution in [0.4, 0.5) is 11.4 Å². The van der Waals surface area contributed by atoms with Crippen molar-refractivity contribution in [3.05, 3.63) is 69.1 Å². The first-order valence-electron chi connectivity index (χ1n) is 8.27. The first-order chi connectivity index (χ1) is 13.3. The SMILES string of the molecule is OC(CNc1ccc(Cl)c(Cl)c1)(CNc1ccc(Cl)c(Cl)c1)Cn1cncn1. The topological polar surface area (TPSA) is 75.0 Å². The van der Waals surface area contributed by atoms with Crippen molar-refractivity contribution < 1.29 is 5.11 Å². The molecule has 0 unspecified atom stereocenters. The van der Waals surface area contributed by atoms with E-state index in [2.05, 4.69) is 20.7 Å². The fourth-order valence-electron chi connectivity index (χ4n) is 2.54. The number of rotatable bonds is 8. The van der Waals surface area contributed by atoms with Crippen LogP contribution in [0.25, 0.3) is 0 Å². The molecule has 0 atom stereocenters. The molecule has 0 saturated carbocycles. The fraction of sp³-hybridized carbons (Fsp3) is 0.222. The van der Waals surface area contributed by atoms with Crippen LogP contribution in [0.15, 0.2) is 49.1 Å². The van der Waals surface area contributed by atoms with Crippen LogP contribution in [0.3, 0.4) is 0 Å². The second kappa shape index (κ2) is 9.20. The van der Waals surface area contributed by atoms with Crippen molar-refractivity contribution in [1.82, 2.24) is 14.8 Å². The van der Waals surface area contributed by atoms with Crippen LogP contribution in [0.5, 0.6) is 0 Å². The van der Waals surface area contributed by atoms with E-state index in [1.807, 2.05) is 0 Å². The lowest BCUT2D eigenvalue weighted by atomic mass is 10.0. The molecule has 0 bridgehead atoms. The van der Waals surface area contributed by atoms with Gasteiger partial charge in [0.1, 0.15) is 18.3 Å². The lowest BCUT2D eigenvalue weighted by molar-refractivity contribution is 0.0451. The zero-order valence-electron chi connectivity index (χ0n) is 14.5. The third kappa shape index (κ3) is 5.65. The Kier molecular flexibility index (Phi) is 6.91. The molecule has 0 amide bonds. The monoisotopic (exact) mass is 459 g/mol. The summed E-state index contributed by atoms with van der Waals surface area (Å²) in [6, 6.07) is 10.4. The highest BCUT2D eigenvalue weighted by Gasteiger charge is 2.28. The largest absolute Gasteiger partial charge is 0.384 e. The molecule has 0 aliphatic heterocycles. The minimum atomic E-state index is -1.20. The Labute approximate surface area is 182 Å². The summed E-state index contributed by atoms with van der Waals surface area (Å²) in [4.78, 5) is 3.92. The molecule has 2 aromatic carbocycles. The van der Waals surface area contributed by atoms with Gasteiger partial charge in [-0.25, -0.2) is 9.67 Å². The maximum absolute atomic E-state index is 11.2. The summed E-state index contributed by atoms with van der Waals surface area (Å²) < 4.78 is 1.56. The van der Waals surface area contributed by atoms with E-state index in [0.29, 0.717) is 20.1 Å². The lowest BCUT2D eigenvalue weighted by Gasteiger charge is -2.29. The molecule has 28 heavy (non-hydrogen) atoms. The van der Waals surface area contributed by atoms with Gasteiger partial charge in [-0.15, -0.1) is 0 Å². The number of benzene rings is 2. The Bertz CT molecular complexity index is 880. The first-order valence-corrected chi connectivity index (χ1v) is 9.78. The zero-order valence-corrected chi connectivity index (χ0v) is 17.6. The van der Waals surface area contributed by atoms with Crippen LogP contribution in [-0.2, 0) is 6.54 Å². The standard InChI is InChI=1S/C18H17Cl4N5O/c19-14-3-1-12(5-16(14)21)24-7-18(28,9-27-11-23-10-26-27)8-25-13-2-4-15(20)17(22)6-13/h1-6,10-11,24-25,28H,7-9H2. The van der Waals surface area contributed by atoms with Crippen molar-refractivity contribution in [2.45, 2.75) is 12.1 Å².